The minimum absolute atomic E-state index is 0.0152. The van der Waals surface area contributed by atoms with E-state index in [4.69, 9.17) is 0 Å². The molecular formula is C25H27F3N4O3. The molecule has 2 heterocycles. The largest absolute Gasteiger partial charge is 0.416 e. The number of nitrogens with one attached hydrogen (secondary N) is 2. The van der Waals surface area contributed by atoms with Crippen molar-refractivity contribution >= 4 is 22.5 Å². The summed E-state index contributed by atoms with van der Waals surface area (Å²) in [5.74, 6) is 0.171. The Hall–Kier alpha value is -3.40. The highest BCUT2D eigenvalue weighted by atomic mass is 19.4. The second kappa shape index (κ2) is 9.69. The number of aryl methyl sites for hydroxylation is 1. The lowest BCUT2D eigenvalue weighted by atomic mass is 9.97. The van der Waals surface area contributed by atoms with Gasteiger partial charge in [-0.15, -0.1) is 0 Å². The molecule has 35 heavy (non-hydrogen) atoms. The van der Waals surface area contributed by atoms with Gasteiger partial charge in [-0.05, 0) is 74.6 Å². The van der Waals surface area contributed by atoms with E-state index in [-0.39, 0.29) is 40.7 Å². The number of aromatic nitrogens is 2. The molecule has 1 fully saturated rings. The molecule has 0 saturated carbocycles. The molecule has 0 aliphatic carbocycles. The first-order chi connectivity index (χ1) is 16.6. The highest BCUT2D eigenvalue weighted by Gasteiger charge is 2.35. The number of carbonyl (C=O) groups is 1. The van der Waals surface area contributed by atoms with Crippen molar-refractivity contribution in [3.63, 3.8) is 0 Å². The van der Waals surface area contributed by atoms with Crippen molar-refractivity contribution in [3.8, 4) is 0 Å². The lowest BCUT2D eigenvalue weighted by molar-refractivity contribution is -0.138. The maximum Gasteiger partial charge on any atom is 0.416 e. The molecule has 10 heteroatoms. The summed E-state index contributed by atoms with van der Waals surface area (Å²) in [6.45, 7) is 4.26. The molecule has 1 aliphatic heterocycles. The van der Waals surface area contributed by atoms with Crippen LogP contribution in [0.1, 0.15) is 53.1 Å². The van der Waals surface area contributed by atoms with Crippen molar-refractivity contribution in [3.05, 3.63) is 69.3 Å². The van der Waals surface area contributed by atoms with Crippen LogP contribution in [-0.4, -0.2) is 45.6 Å². The minimum Gasteiger partial charge on any atom is -0.396 e. The van der Waals surface area contributed by atoms with Crippen molar-refractivity contribution in [1.29, 1.82) is 0 Å². The molecule has 4 rings (SSSR count). The first-order valence-electron chi connectivity index (χ1n) is 11.5. The number of aliphatic hydroxyl groups is 1. The number of benzene rings is 2. The third-order valence-electron chi connectivity index (χ3n) is 6.35. The number of piperidine rings is 1. The number of alkyl halides is 3. The highest BCUT2D eigenvalue weighted by Crippen LogP contribution is 2.37. The predicted molar refractivity (Wildman–Crippen MR) is 126 cm³/mol. The second-order valence-corrected chi connectivity index (χ2v) is 8.99. The Morgan fingerprint density at radius 3 is 2.66 bits per heavy atom. The van der Waals surface area contributed by atoms with Gasteiger partial charge in [0.15, 0.2) is 0 Å². The van der Waals surface area contributed by atoms with Crippen LogP contribution in [0.3, 0.4) is 0 Å². The van der Waals surface area contributed by atoms with E-state index >= 15 is 0 Å². The Labute approximate surface area is 200 Å². The molecule has 0 bridgehead atoms. The number of nitrogens with zero attached hydrogens (tertiary/aromatic N) is 2. The summed E-state index contributed by atoms with van der Waals surface area (Å²) >= 11 is 0. The van der Waals surface area contributed by atoms with Crippen molar-refractivity contribution in [2.45, 2.75) is 38.9 Å². The van der Waals surface area contributed by atoms with E-state index in [1.54, 1.807) is 36.1 Å². The molecule has 186 valence electrons. The van der Waals surface area contributed by atoms with Crippen LogP contribution in [0.2, 0.25) is 0 Å². The number of halogens is 3. The number of fused-ring (bicyclic) bond motifs is 1. The predicted octanol–water partition coefficient (Wildman–Crippen LogP) is 4.27. The first kappa shape index (κ1) is 24.7. The van der Waals surface area contributed by atoms with Crippen molar-refractivity contribution in [2.24, 2.45) is 5.92 Å². The van der Waals surface area contributed by atoms with Gasteiger partial charge in [0.25, 0.3) is 11.5 Å². The minimum atomic E-state index is -4.63. The molecule has 0 spiro atoms. The van der Waals surface area contributed by atoms with Crippen LogP contribution < -0.4 is 10.9 Å². The number of aliphatic hydroxyl groups excluding tert-OH is 1. The average molecular weight is 489 g/mol. The number of hydrogen-bond acceptors (Lipinski definition) is 5. The van der Waals surface area contributed by atoms with E-state index in [1.165, 1.54) is 13.0 Å². The van der Waals surface area contributed by atoms with Gasteiger partial charge in [-0.1, -0.05) is 0 Å². The third-order valence-corrected chi connectivity index (χ3v) is 6.35. The molecule has 0 radical (unpaired) electrons. The summed E-state index contributed by atoms with van der Waals surface area (Å²) < 4.78 is 41.5. The number of aromatic amines is 1. The van der Waals surface area contributed by atoms with Gasteiger partial charge < -0.3 is 20.3 Å². The van der Waals surface area contributed by atoms with Crippen LogP contribution in [0, 0.1) is 12.8 Å². The van der Waals surface area contributed by atoms with E-state index in [0.717, 1.165) is 18.9 Å². The number of hydrogen-bond donors (Lipinski definition) is 3. The van der Waals surface area contributed by atoms with E-state index in [1.807, 2.05) is 0 Å². The fraction of sp³-hybridized carbons (Fsp3) is 0.400. The van der Waals surface area contributed by atoms with Crippen LogP contribution >= 0.6 is 0 Å². The Morgan fingerprint density at radius 2 is 2.00 bits per heavy atom. The topological polar surface area (TPSA) is 98.3 Å². The normalized spacial score (nSPS) is 17.4. The summed E-state index contributed by atoms with van der Waals surface area (Å²) in [5.41, 5.74) is -0.457. The fourth-order valence-electron chi connectivity index (χ4n) is 4.54. The molecular weight excluding hydrogens is 461 g/mol. The van der Waals surface area contributed by atoms with Gasteiger partial charge in [-0.3, -0.25) is 9.59 Å². The molecule has 2 unspecified atom stereocenters. The third kappa shape index (κ3) is 5.32. The van der Waals surface area contributed by atoms with Crippen molar-refractivity contribution in [2.75, 3.05) is 25.0 Å². The van der Waals surface area contributed by atoms with Crippen LogP contribution in [0.15, 0.2) is 41.2 Å². The van der Waals surface area contributed by atoms with Crippen LogP contribution in [-0.2, 0) is 6.18 Å². The molecule has 7 nitrogen and oxygen atoms in total. The summed E-state index contributed by atoms with van der Waals surface area (Å²) in [6, 6.07) is 7.89. The molecule has 1 saturated heterocycles. The Balaban J connectivity index is 1.57. The summed E-state index contributed by atoms with van der Waals surface area (Å²) in [7, 11) is 0. The zero-order valence-electron chi connectivity index (χ0n) is 19.4. The van der Waals surface area contributed by atoms with E-state index in [2.05, 4.69) is 15.3 Å². The van der Waals surface area contributed by atoms with Crippen molar-refractivity contribution < 1.29 is 23.1 Å². The molecule has 3 N–H and O–H groups in total. The molecule has 1 aromatic heterocycles. The monoisotopic (exact) mass is 488 g/mol. The fourth-order valence-corrected chi connectivity index (χ4v) is 4.54. The Kier molecular flexibility index (Phi) is 6.84. The lowest BCUT2D eigenvalue weighted by Crippen LogP contribution is -2.40. The number of likely N-dealkylation sites (tertiary alicyclic amines) is 1. The van der Waals surface area contributed by atoms with Gasteiger partial charge in [0, 0.05) is 37.0 Å². The summed E-state index contributed by atoms with van der Waals surface area (Å²) in [4.78, 5) is 33.4. The summed E-state index contributed by atoms with van der Waals surface area (Å²) in [5, 5.41) is 12.5. The summed E-state index contributed by atoms with van der Waals surface area (Å²) in [6.07, 6.45) is -2.91. The van der Waals surface area contributed by atoms with Crippen molar-refractivity contribution in [1.82, 2.24) is 14.9 Å². The van der Waals surface area contributed by atoms with E-state index in [9.17, 15) is 27.9 Å². The smallest absolute Gasteiger partial charge is 0.396 e. The molecule has 2 atom stereocenters. The lowest BCUT2D eigenvalue weighted by Gasteiger charge is -2.32. The van der Waals surface area contributed by atoms with Gasteiger partial charge in [0.1, 0.15) is 5.82 Å². The number of amides is 1. The highest BCUT2D eigenvalue weighted by molar-refractivity contribution is 5.94. The Bertz CT molecular complexity index is 1290. The SMILES string of the molecule is Cc1nc2cc(C(F)(F)F)c(C(C)Nc3ccc(C(=O)N4CCCC(CO)C4)cc3)cc2c(=O)[nH]1. The van der Waals surface area contributed by atoms with Gasteiger partial charge in [-0.25, -0.2) is 4.98 Å². The second-order valence-electron chi connectivity index (χ2n) is 8.99. The Morgan fingerprint density at radius 1 is 1.29 bits per heavy atom. The first-order valence-corrected chi connectivity index (χ1v) is 11.5. The van der Waals surface area contributed by atoms with Crippen LogP contribution in [0.4, 0.5) is 18.9 Å². The molecule has 3 aromatic rings. The number of rotatable bonds is 5. The van der Waals surface area contributed by atoms with Crippen LogP contribution in [0.25, 0.3) is 10.9 Å². The molecule has 1 amide bonds. The standard InChI is InChI=1S/C25H27F3N4O3/c1-14(19-10-20-22(11-21(19)25(26,27)28)30-15(2)31-23(20)34)29-18-7-5-17(6-8-18)24(35)32-9-3-4-16(12-32)13-33/h5-8,10-11,14,16,29,33H,3-4,9,12-13H2,1-2H3,(H,30,31,34). The number of carbonyl (C=O) groups excluding carboxylic acids is 1. The molecule has 1 aliphatic rings. The maximum atomic E-state index is 13.8. The quantitative estimate of drug-likeness (QED) is 0.498. The zero-order valence-corrected chi connectivity index (χ0v) is 19.4. The van der Waals surface area contributed by atoms with E-state index < -0.39 is 23.3 Å². The zero-order chi connectivity index (χ0) is 25.3. The van der Waals surface area contributed by atoms with Gasteiger partial charge >= 0.3 is 6.18 Å². The van der Waals surface area contributed by atoms with Gasteiger partial charge in [0.2, 0.25) is 0 Å². The van der Waals surface area contributed by atoms with Gasteiger partial charge in [-0.2, -0.15) is 13.2 Å². The average Bonchev–Trinajstić information content (AvgIpc) is 2.82. The maximum absolute atomic E-state index is 13.8. The number of anilines is 1. The molecule has 2 aromatic carbocycles. The van der Waals surface area contributed by atoms with Crippen LogP contribution in [0.5, 0.6) is 0 Å². The van der Waals surface area contributed by atoms with Gasteiger partial charge in [0.05, 0.1) is 16.5 Å². The number of H-pyrrole nitrogens is 1. The van der Waals surface area contributed by atoms with E-state index in [0.29, 0.717) is 24.3 Å².